The van der Waals surface area contributed by atoms with Crippen molar-refractivity contribution in [3.8, 4) is 0 Å². The lowest BCUT2D eigenvalue weighted by Gasteiger charge is -2.20. The van der Waals surface area contributed by atoms with Crippen LogP contribution in [-0.2, 0) is 6.18 Å². The Morgan fingerprint density at radius 2 is 2.20 bits per heavy atom. The molecule has 1 aromatic rings. The van der Waals surface area contributed by atoms with Crippen molar-refractivity contribution in [3.05, 3.63) is 28.2 Å². The van der Waals surface area contributed by atoms with Crippen LogP contribution in [0.4, 0.5) is 18.9 Å². The van der Waals surface area contributed by atoms with E-state index in [1.807, 2.05) is 6.92 Å². The van der Waals surface area contributed by atoms with Gasteiger partial charge in [-0.2, -0.15) is 13.2 Å². The van der Waals surface area contributed by atoms with Gasteiger partial charge in [0.05, 0.1) is 5.56 Å². The van der Waals surface area contributed by atoms with Crippen molar-refractivity contribution in [2.24, 2.45) is 0 Å². The molecular formula is C14H18BrF3N2. The second-order valence-electron chi connectivity index (χ2n) is 5.27. The molecule has 1 aliphatic rings. The van der Waals surface area contributed by atoms with Gasteiger partial charge in [-0.1, -0.05) is 15.9 Å². The Bertz CT molecular complexity index is 456. The lowest BCUT2D eigenvalue weighted by Crippen LogP contribution is -2.29. The minimum Gasteiger partial charge on any atom is -0.383 e. The molecule has 0 saturated carbocycles. The average Bonchev–Trinajstić information content (AvgIpc) is 2.83. The van der Waals surface area contributed by atoms with Crippen LogP contribution in [-0.4, -0.2) is 18.6 Å². The molecule has 2 nitrogen and oxygen atoms in total. The van der Waals surface area contributed by atoms with E-state index in [4.69, 9.17) is 0 Å². The molecule has 2 unspecified atom stereocenters. The fourth-order valence-corrected chi connectivity index (χ4v) is 3.03. The molecule has 6 heteroatoms. The molecule has 2 atom stereocenters. The highest BCUT2D eigenvalue weighted by Gasteiger charge is 2.33. The molecule has 1 fully saturated rings. The monoisotopic (exact) mass is 350 g/mol. The number of anilines is 1. The quantitative estimate of drug-likeness (QED) is 0.840. The van der Waals surface area contributed by atoms with Crippen molar-refractivity contribution >= 4 is 21.6 Å². The number of alkyl halides is 3. The Morgan fingerprint density at radius 1 is 1.45 bits per heavy atom. The summed E-state index contributed by atoms with van der Waals surface area (Å²) in [6.45, 7) is 3.03. The summed E-state index contributed by atoms with van der Waals surface area (Å²) >= 11 is 2.95. The molecule has 1 aromatic carbocycles. The number of halogens is 4. The van der Waals surface area contributed by atoms with Crippen LogP contribution in [0.1, 0.15) is 31.7 Å². The number of nitrogens with one attached hydrogen (secondary N) is 2. The maximum absolute atomic E-state index is 12.8. The second kappa shape index (κ2) is 6.35. The molecule has 2 rings (SSSR count). The summed E-state index contributed by atoms with van der Waals surface area (Å²) in [5, 5.41) is 6.54. The van der Waals surface area contributed by atoms with Crippen LogP contribution in [0.3, 0.4) is 0 Å². The molecule has 0 spiro atoms. The first-order chi connectivity index (χ1) is 9.36. The maximum atomic E-state index is 12.8. The first-order valence-electron chi connectivity index (χ1n) is 6.73. The topological polar surface area (TPSA) is 24.1 Å². The fraction of sp³-hybridized carbons (Fsp3) is 0.571. The van der Waals surface area contributed by atoms with E-state index >= 15 is 0 Å². The van der Waals surface area contributed by atoms with Crippen molar-refractivity contribution < 1.29 is 13.2 Å². The summed E-state index contributed by atoms with van der Waals surface area (Å²) in [5.41, 5.74) is -0.139. The van der Waals surface area contributed by atoms with Gasteiger partial charge in [0, 0.05) is 22.2 Å². The van der Waals surface area contributed by atoms with Crippen molar-refractivity contribution in [2.45, 2.75) is 44.4 Å². The SMILES string of the molecule is CC(CC1CCCN1)Nc1ccc(Br)c(C(F)(F)F)c1. The van der Waals surface area contributed by atoms with E-state index in [1.54, 1.807) is 6.07 Å². The third-order valence-electron chi connectivity index (χ3n) is 3.49. The van der Waals surface area contributed by atoms with E-state index in [-0.39, 0.29) is 10.5 Å². The molecule has 2 N–H and O–H groups in total. The average molecular weight is 351 g/mol. The van der Waals surface area contributed by atoms with E-state index < -0.39 is 11.7 Å². The molecule has 0 radical (unpaired) electrons. The smallest absolute Gasteiger partial charge is 0.383 e. The highest BCUT2D eigenvalue weighted by molar-refractivity contribution is 9.10. The Hall–Kier alpha value is -0.750. The molecule has 0 bridgehead atoms. The predicted molar refractivity (Wildman–Crippen MR) is 77.9 cm³/mol. The van der Waals surface area contributed by atoms with E-state index in [0.29, 0.717) is 11.7 Å². The highest BCUT2D eigenvalue weighted by atomic mass is 79.9. The predicted octanol–water partition coefficient (Wildman–Crippen LogP) is 4.41. The zero-order valence-corrected chi connectivity index (χ0v) is 12.8. The van der Waals surface area contributed by atoms with Crippen molar-refractivity contribution in [1.29, 1.82) is 0 Å². The van der Waals surface area contributed by atoms with Crippen LogP contribution >= 0.6 is 15.9 Å². The number of hydrogen-bond donors (Lipinski definition) is 2. The molecule has 1 heterocycles. The normalized spacial score (nSPS) is 20.9. The summed E-state index contributed by atoms with van der Waals surface area (Å²) in [6.07, 6.45) is -1.11. The zero-order valence-electron chi connectivity index (χ0n) is 11.2. The Balaban J connectivity index is 2.01. The third-order valence-corrected chi connectivity index (χ3v) is 4.18. The molecule has 0 aliphatic carbocycles. The van der Waals surface area contributed by atoms with E-state index in [9.17, 15) is 13.2 Å². The van der Waals surface area contributed by atoms with Crippen molar-refractivity contribution in [1.82, 2.24) is 5.32 Å². The second-order valence-corrected chi connectivity index (χ2v) is 6.12. The molecule has 0 aromatic heterocycles. The molecule has 1 saturated heterocycles. The number of rotatable bonds is 4. The van der Waals surface area contributed by atoms with Crippen LogP contribution in [0.2, 0.25) is 0 Å². The van der Waals surface area contributed by atoms with Crippen molar-refractivity contribution in [3.63, 3.8) is 0 Å². The van der Waals surface area contributed by atoms with Gasteiger partial charge >= 0.3 is 6.18 Å². The Kier molecular flexibility index (Phi) is 4.96. The summed E-state index contributed by atoms with van der Waals surface area (Å²) in [4.78, 5) is 0. The van der Waals surface area contributed by atoms with Gasteiger partial charge in [0.1, 0.15) is 0 Å². The van der Waals surface area contributed by atoms with Crippen LogP contribution in [0.5, 0.6) is 0 Å². The van der Waals surface area contributed by atoms with Gasteiger partial charge in [-0.15, -0.1) is 0 Å². The lowest BCUT2D eigenvalue weighted by molar-refractivity contribution is -0.138. The van der Waals surface area contributed by atoms with Crippen molar-refractivity contribution in [2.75, 3.05) is 11.9 Å². The van der Waals surface area contributed by atoms with E-state index in [0.717, 1.165) is 25.5 Å². The lowest BCUT2D eigenvalue weighted by atomic mass is 10.1. The van der Waals surface area contributed by atoms with Gasteiger partial charge in [0.2, 0.25) is 0 Å². The first kappa shape index (κ1) is 15.6. The molecule has 112 valence electrons. The fourth-order valence-electron chi connectivity index (χ4n) is 2.56. The standard InChI is InChI=1S/C14H18BrF3N2/c1-9(7-10-3-2-6-19-10)20-11-4-5-13(15)12(8-11)14(16,17)18/h4-5,8-10,19-20H,2-3,6-7H2,1H3. The largest absolute Gasteiger partial charge is 0.417 e. The third kappa shape index (κ3) is 4.12. The summed E-state index contributed by atoms with van der Waals surface area (Å²) in [6, 6.07) is 4.86. The van der Waals surface area contributed by atoms with Gasteiger partial charge in [0.15, 0.2) is 0 Å². The first-order valence-corrected chi connectivity index (χ1v) is 7.52. The summed E-state index contributed by atoms with van der Waals surface area (Å²) in [5.74, 6) is 0. The van der Waals surface area contributed by atoms with Crippen LogP contribution in [0.15, 0.2) is 22.7 Å². The van der Waals surface area contributed by atoms with Crippen LogP contribution < -0.4 is 10.6 Å². The van der Waals surface area contributed by atoms with Gasteiger partial charge in [0.25, 0.3) is 0 Å². The molecular weight excluding hydrogens is 333 g/mol. The summed E-state index contributed by atoms with van der Waals surface area (Å²) < 4.78 is 38.5. The van der Waals surface area contributed by atoms with Gasteiger partial charge in [-0.3, -0.25) is 0 Å². The maximum Gasteiger partial charge on any atom is 0.417 e. The Morgan fingerprint density at radius 3 is 2.80 bits per heavy atom. The van der Waals surface area contributed by atoms with Gasteiger partial charge in [-0.25, -0.2) is 0 Å². The van der Waals surface area contributed by atoms with E-state index in [2.05, 4.69) is 26.6 Å². The minimum absolute atomic E-state index is 0.0701. The van der Waals surface area contributed by atoms with Crippen LogP contribution in [0.25, 0.3) is 0 Å². The van der Waals surface area contributed by atoms with E-state index in [1.165, 1.54) is 12.5 Å². The Labute approximate surface area is 125 Å². The molecule has 1 aliphatic heterocycles. The highest BCUT2D eigenvalue weighted by Crippen LogP contribution is 2.36. The zero-order chi connectivity index (χ0) is 14.8. The number of benzene rings is 1. The van der Waals surface area contributed by atoms with Gasteiger partial charge < -0.3 is 10.6 Å². The summed E-state index contributed by atoms with van der Waals surface area (Å²) in [7, 11) is 0. The minimum atomic E-state index is -4.34. The molecule has 20 heavy (non-hydrogen) atoms. The number of hydrogen-bond acceptors (Lipinski definition) is 2. The molecule has 0 amide bonds. The van der Waals surface area contributed by atoms with Gasteiger partial charge in [-0.05, 0) is 50.9 Å². The van der Waals surface area contributed by atoms with Crippen LogP contribution in [0, 0.1) is 0 Å².